The zero-order valence-corrected chi connectivity index (χ0v) is 13.2. The number of carbonyl (C=O) groups excluding carboxylic acids is 1. The molecular weight excluding hydrogens is 285 g/mol. The van der Waals surface area contributed by atoms with E-state index in [2.05, 4.69) is 4.90 Å². The maximum Gasteiger partial charge on any atom is 0.236 e. The lowest BCUT2D eigenvalue weighted by Crippen LogP contribution is -2.51. The molecule has 1 aliphatic rings. The first kappa shape index (κ1) is 16.9. The molecule has 1 N–H and O–H groups in total. The van der Waals surface area contributed by atoms with Gasteiger partial charge in [0.15, 0.2) is 0 Å². The molecule has 1 unspecified atom stereocenters. The lowest BCUT2D eigenvalue weighted by atomic mass is 10.1. The first-order valence-electron chi connectivity index (χ1n) is 7.54. The van der Waals surface area contributed by atoms with E-state index < -0.39 is 6.10 Å². The van der Waals surface area contributed by atoms with E-state index in [-0.39, 0.29) is 11.7 Å². The van der Waals surface area contributed by atoms with Crippen LogP contribution >= 0.6 is 0 Å². The van der Waals surface area contributed by atoms with Gasteiger partial charge in [-0.2, -0.15) is 0 Å². The Morgan fingerprint density at radius 1 is 1.23 bits per heavy atom. The second-order valence-corrected chi connectivity index (χ2v) is 5.99. The van der Waals surface area contributed by atoms with Crippen LogP contribution in [0.15, 0.2) is 24.3 Å². The molecule has 122 valence electrons. The van der Waals surface area contributed by atoms with Gasteiger partial charge in [-0.1, -0.05) is 12.1 Å². The molecule has 5 nitrogen and oxygen atoms in total. The number of hydrogen-bond donors (Lipinski definition) is 1. The second-order valence-electron chi connectivity index (χ2n) is 5.99. The van der Waals surface area contributed by atoms with Gasteiger partial charge < -0.3 is 14.9 Å². The van der Waals surface area contributed by atoms with Gasteiger partial charge in [0.05, 0.1) is 12.6 Å². The van der Waals surface area contributed by atoms with Crippen LogP contribution in [0.25, 0.3) is 0 Å². The van der Waals surface area contributed by atoms with Crippen LogP contribution in [0.3, 0.4) is 0 Å². The van der Waals surface area contributed by atoms with E-state index in [9.17, 15) is 14.3 Å². The maximum absolute atomic E-state index is 12.9. The summed E-state index contributed by atoms with van der Waals surface area (Å²) in [7, 11) is 3.76. The number of hydrogen-bond acceptors (Lipinski definition) is 4. The molecule has 0 radical (unpaired) electrons. The number of rotatable bonds is 5. The van der Waals surface area contributed by atoms with Gasteiger partial charge in [-0.3, -0.25) is 9.69 Å². The Hall–Kier alpha value is -1.50. The smallest absolute Gasteiger partial charge is 0.236 e. The van der Waals surface area contributed by atoms with Crippen molar-refractivity contribution in [3.05, 3.63) is 35.6 Å². The molecule has 1 aromatic carbocycles. The van der Waals surface area contributed by atoms with Gasteiger partial charge in [0, 0.05) is 32.7 Å². The van der Waals surface area contributed by atoms with Crippen molar-refractivity contribution < 1.29 is 14.3 Å². The third-order valence-corrected chi connectivity index (χ3v) is 3.86. The maximum atomic E-state index is 12.9. The van der Waals surface area contributed by atoms with E-state index in [4.69, 9.17) is 0 Å². The summed E-state index contributed by atoms with van der Waals surface area (Å²) in [5, 5.41) is 10.2. The van der Waals surface area contributed by atoms with E-state index in [1.807, 2.05) is 23.9 Å². The molecule has 0 spiro atoms. The second kappa shape index (κ2) is 7.67. The van der Waals surface area contributed by atoms with Gasteiger partial charge >= 0.3 is 0 Å². The predicted molar refractivity (Wildman–Crippen MR) is 82.9 cm³/mol. The molecule has 0 aliphatic carbocycles. The molecule has 1 heterocycles. The zero-order valence-electron chi connectivity index (χ0n) is 13.2. The standard InChI is InChI=1S/C16H24FN3O2/c1-18(2)12-16(22)20-9-7-19(8-10-20)11-15(21)13-3-5-14(17)6-4-13/h3-6,15,21H,7-12H2,1-2H3. The van der Waals surface area contributed by atoms with E-state index in [1.165, 1.54) is 12.1 Å². The minimum Gasteiger partial charge on any atom is -0.387 e. The van der Waals surface area contributed by atoms with Crippen molar-refractivity contribution in [2.24, 2.45) is 0 Å². The Balaban J connectivity index is 1.79. The number of benzene rings is 1. The fraction of sp³-hybridized carbons (Fsp3) is 0.562. The lowest BCUT2D eigenvalue weighted by molar-refractivity contribution is -0.133. The number of amides is 1. The van der Waals surface area contributed by atoms with Crippen LogP contribution < -0.4 is 0 Å². The summed E-state index contributed by atoms with van der Waals surface area (Å²) in [4.78, 5) is 17.8. The van der Waals surface area contributed by atoms with Crippen molar-refractivity contribution in [3.63, 3.8) is 0 Å². The van der Waals surface area contributed by atoms with E-state index >= 15 is 0 Å². The number of likely N-dealkylation sites (N-methyl/N-ethyl adjacent to an activating group) is 1. The average Bonchev–Trinajstić information content (AvgIpc) is 2.48. The fourth-order valence-corrected chi connectivity index (χ4v) is 2.59. The van der Waals surface area contributed by atoms with Gasteiger partial charge in [0.1, 0.15) is 5.82 Å². The van der Waals surface area contributed by atoms with Crippen molar-refractivity contribution in [1.82, 2.24) is 14.7 Å². The molecule has 1 fully saturated rings. The summed E-state index contributed by atoms with van der Waals surface area (Å²) in [5.41, 5.74) is 0.715. The van der Waals surface area contributed by atoms with Crippen molar-refractivity contribution in [2.75, 3.05) is 53.4 Å². The quantitative estimate of drug-likeness (QED) is 0.864. The predicted octanol–water partition coefficient (Wildman–Crippen LogP) is 0.565. The van der Waals surface area contributed by atoms with Crippen LogP contribution in [0.1, 0.15) is 11.7 Å². The summed E-state index contributed by atoms with van der Waals surface area (Å²) < 4.78 is 12.9. The third-order valence-electron chi connectivity index (χ3n) is 3.86. The van der Waals surface area contributed by atoms with Crippen molar-refractivity contribution >= 4 is 5.91 Å². The third kappa shape index (κ3) is 4.76. The molecule has 1 aliphatic heterocycles. The molecule has 22 heavy (non-hydrogen) atoms. The first-order chi connectivity index (χ1) is 10.5. The highest BCUT2D eigenvalue weighted by atomic mass is 19.1. The highest BCUT2D eigenvalue weighted by Gasteiger charge is 2.23. The molecule has 1 atom stereocenters. The van der Waals surface area contributed by atoms with Gasteiger partial charge in [0.25, 0.3) is 0 Å². The Kier molecular flexibility index (Phi) is 5.88. The van der Waals surface area contributed by atoms with Crippen LogP contribution in [0.5, 0.6) is 0 Å². The summed E-state index contributed by atoms with van der Waals surface area (Å²) in [6, 6.07) is 5.93. The summed E-state index contributed by atoms with van der Waals surface area (Å²) in [5.74, 6) is -0.160. The van der Waals surface area contributed by atoms with Crippen LogP contribution in [0.4, 0.5) is 4.39 Å². The lowest BCUT2D eigenvalue weighted by Gasteiger charge is -2.36. The average molecular weight is 309 g/mol. The van der Waals surface area contributed by atoms with Crippen molar-refractivity contribution in [1.29, 1.82) is 0 Å². The Morgan fingerprint density at radius 2 is 1.82 bits per heavy atom. The minimum absolute atomic E-state index is 0.142. The number of β-amino-alcohol motifs (C(OH)–C–C–N with tert-alkyl or cyclic N) is 1. The minimum atomic E-state index is -0.635. The number of aliphatic hydroxyl groups excluding tert-OH is 1. The topological polar surface area (TPSA) is 47.0 Å². The SMILES string of the molecule is CN(C)CC(=O)N1CCN(CC(O)c2ccc(F)cc2)CC1. The summed E-state index contributed by atoms with van der Waals surface area (Å²) >= 11 is 0. The molecule has 1 aromatic rings. The summed E-state index contributed by atoms with van der Waals surface area (Å²) in [6.45, 7) is 3.79. The van der Waals surface area contributed by atoms with E-state index in [0.717, 1.165) is 13.1 Å². The molecule has 0 bridgehead atoms. The monoisotopic (exact) mass is 309 g/mol. The van der Waals surface area contributed by atoms with E-state index in [1.54, 1.807) is 12.1 Å². The highest BCUT2D eigenvalue weighted by Crippen LogP contribution is 2.16. The molecule has 1 saturated heterocycles. The van der Waals surface area contributed by atoms with Gasteiger partial charge in [0.2, 0.25) is 5.91 Å². The molecule has 0 saturated carbocycles. The number of aliphatic hydroxyl groups is 1. The van der Waals surface area contributed by atoms with Gasteiger partial charge in [-0.05, 0) is 31.8 Å². The molecular formula is C16H24FN3O2. The van der Waals surface area contributed by atoms with Gasteiger partial charge in [-0.25, -0.2) is 4.39 Å². The Morgan fingerprint density at radius 3 is 2.36 bits per heavy atom. The molecule has 0 aromatic heterocycles. The highest BCUT2D eigenvalue weighted by molar-refractivity contribution is 5.78. The molecule has 6 heteroatoms. The van der Waals surface area contributed by atoms with Crippen LogP contribution in [0, 0.1) is 5.82 Å². The van der Waals surface area contributed by atoms with Crippen LogP contribution in [0.2, 0.25) is 0 Å². The van der Waals surface area contributed by atoms with Crippen LogP contribution in [-0.4, -0.2) is 79.1 Å². The van der Waals surface area contributed by atoms with Gasteiger partial charge in [-0.15, -0.1) is 0 Å². The normalized spacial score (nSPS) is 17.8. The summed E-state index contributed by atoms with van der Waals surface area (Å²) in [6.07, 6.45) is -0.635. The number of nitrogens with zero attached hydrogens (tertiary/aromatic N) is 3. The Labute approximate surface area is 130 Å². The van der Waals surface area contributed by atoms with E-state index in [0.29, 0.717) is 31.7 Å². The number of halogens is 1. The molecule has 1 amide bonds. The zero-order chi connectivity index (χ0) is 16.1. The number of piperazine rings is 1. The Bertz CT molecular complexity index is 485. The first-order valence-corrected chi connectivity index (χ1v) is 7.54. The van der Waals surface area contributed by atoms with Crippen molar-refractivity contribution in [2.45, 2.75) is 6.10 Å². The van der Waals surface area contributed by atoms with Crippen LogP contribution in [-0.2, 0) is 4.79 Å². The number of carbonyl (C=O) groups is 1. The largest absolute Gasteiger partial charge is 0.387 e. The molecule has 2 rings (SSSR count). The fourth-order valence-electron chi connectivity index (χ4n) is 2.59. The van der Waals surface area contributed by atoms with Crippen molar-refractivity contribution in [3.8, 4) is 0 Å².